The van der Waals surface area contributed by atoms with Crippen molar-refractivity contribution >= 4 is 11.9 Å². The minimum absolute atomic E-state index is 0.256. The highest BCUT2D eigenvalue weighted by molar-refractivity contribution is 5.87. The van der Waals surface area contributed by atoms with Gasteiger partial charge >= 0.3 is 6.09 Å². The molecule has 0 aromatic rings. The lowest BCUT2D eigenvalue weighted by molar-refractivity contribution is 0.0276. The van der Waals surface area contributed by atoms with Crippen LogP contribution in [0.5, 0.6) is 0 Å². The molecule has 1 N–H and O–H groups in total. The first-order chi connectivity index (χ1) is 9.95. The summed E-state index contributed by atoms with van der Waals surface area (Å²) in [6, 6.07) is 0. The largest absolute Gasteiger partial charge is 0.444 e. The number of amides is 1. The third-order valence-electron chi connectivity index (χ3n) is 5.49. The molecule has 0 radical (unpaired) electrons. The van der Waals surface area contributed by atoms with Crippen LogP contribution >= 0.6 is 0 Å². The van der Waals surface area contributed by atoms with Crippen LogP contribution < -0.4 is 5.32 Å². The highest BCUT2D eigenvalue weighted by atomic mass is 16.6. The molecule has 0 saturated heterocycles. The maximum Gasteiger partial charge on any atom is 0.410 e. The molecule has 1 amide bonds. The zero-order chi connectivity index (χ0) is 16.8. The van der Waals surface area contributed by atoms with E-state index < -0.39 is 5.60 Å². The van der Waals surface area contributed by atoms with Gasteiger partial charge in [-0.15, -0.1) is 0 Å². The highest BCUT2D eigenvalue weighted by Gasteiger charge is 2.64. The van der Waals surface area contributed by atoms with E-state index in [1.165, 1.54) is 0 Å². The van der Waals surface area contributed by atoms with E-state index in [-0.39, 0.29) is 6.09 Å². The van der Waals surface area contributed by atoms with Crippen molar-refractivity contribution in [1.29, 1.82) is 0 Å². The number of ether oxygens (including phenoxy) is 1. The zero-order valence-corrected chi connectivity index (χ0v) is 15.1. The van der Waals surface area contributed by atoms with Gasteiger partial charge in [-0.1, -0.05) is 27.7 Å². The van der Waals surface area contributed by atoms with E-state index in [0.717, 1.165) is 12.4 Å². The molecule has 1 aliphatic carbocycles. The van der Waals surface area contributed by atoms with Gasteiger partial charge in [0.15, 0.2) is 0 Å². The van der Waals surface area contributed by atoms with Gasteiger partial charge in [-0.25, -0.2) is 4.79 Å². The van der Waals surface area contributed by atoms with E-state index in [0.29, 0.717) is 36.4 Å². The van der Waals surface area contributed by atoms with Crippen LogP contribution in [0.15, 0.2) is 4.99 Å². The van der Waals surface area contributed by atoms with Crippen molar-refractivity contribution in [2.75, 3.05) is 26.2 Å². The van der Waals surface area contributed by atoms with Crippen molar-refractivity contribution in [3.05, 3.63) is 0 Å². The molecule has 1 aliphatic heterocycles. The average molecular weight is 309 g/mol. The molecule has 0 unspecified atom stereocenters. The van der Waals surface area contributed by atoms with E-state index in [1.807, 2.05) is 20.8 Å². The van der Waals surface area contributed by atoms with E-state index in [1.54, 1.807) is 4.90 Å². The summed E-state index contributed by atoms with van der Waals surface area (Å²) in [7, 11) is 0. The Balaban J connectivity index is 1.84. The monoisotopic (exact) mass is 309 g/mol. The van der Waals surface area contributed by atoms with E-state index >= 15 is 0 Å². The molecule has 1 saturated carbocycles. The van der Waals surface area contributed by atoms with Crippen LogP contribution in [0.1, 0.15) is 48.5 Å². The number of nitrogens with zero attached hydrogens (tertiary/aromatic N) is 2. The van der Waals surface area contributed by atoms with Gasteiger partial charge < -0.3 is 10.1 Å². The van der Waals surface area contributed by atoms with Crippen LogP contribution in [0.3, 0.4) is 0 Å². The van der Waals surface area contributed by atoms with Crippen molar-refractivity contribution in [2.24, 2.45) is 21.7 Å². The standard InChI is InChI=1S/C17H31N3O2/c1-15(2,3)22-14(21)20-9-8-18-13(11-20)19-10-12-16(4,5)17(12,6)7/h12H,8-11H2,1-7H3,(H,18,19). The van der Waals surface area contributed by atoms with Gasteiger partial charge in [0.2, 0.25) is 0 Å². The first-order valence-corrected chi connectivity index (χ1v) is 8.20. The van der Waals surface area contributed by atoms with E-state index in [2.05, 4.69) is 38.0 Å². The summed E-state index contributed by atoms with van der Waals surface area (Å²) in [5, 5.41) is 3.44. The Morgan fingerprint density at radius 1 is 1.32 bits per heavy atom. The molecule has 1 heterocycles. The predicted molar refractivity (Wildman–Crippen MR) is 89.2 cm³/mol. The number of rotatable bonds is 2. The van der Waals surface area contributed by atoms with E-state index in [4.69, 9.17) is 4.74 Å². The SMILES string of the molecule is CC(C)(C)OC(=O)N1CCN=C(NCC2C(C)(C)C2(C)C)C1. The number of hydrogen-bond acceptors (Lipinski definition) is 4. The van der Waals surface area contributed by atoms with Crippen LogP contribution in [0.25, 0.3) is 0 Å². The molecule has 1 fully saturated rings. The summed E-state index contributed by atoms with van der Waals surface area (Å²) in [6.45, 7) is 17.6. The van der Waals surface area contributed by atoms with Crippen molar-refractivity contribution in [3.8, 4) is 0 Å². The number of amidine groups is 1. The van der Waals surface area contributed by atoms with Gasteiger partial charge in [-0.2, -0.15) is 0 Å². The fourth-order valence-electron chi connectivity index (χ4n) is 3.27. The first-order valence-electron chi connectivity index (χ1n) is 8.20. The summed E-state index contributed by atoms with van der Waals surface area (Å²) in [5.74, 6) is 1.54. The second-order valence-corrected chi connectivity index (χ2v) is 8.61. The molecule has 5 nitrogen and oxygen atoms in total. The summed E-state index contributed by atoms with van der Waals surface area (Å²) < 4.78 is 5.43. The van der Waals surface area contributed by atoms with Gasteiger partial charge in [0.25, 0.3) is 0 Å². The second-order valence-electron chi connectivity index (χ2n) is 8.61. The quantitative estimate of drug-likeness (QED) is 0.853. The highest BCUT2D eigenvalue weighted by Crippen LogP contribution is 2.67. The van der Waals surface area contributed by atoms with Crippen LogP contribution in [0.2, 0.25) is 0 Å². The molecule has 0 aromatic heterocycles. The summed E-state index contributed by atoms with van der Waals surface area (Å²) in [5.41, 5.74) is 0.265. The molecule has 0 atom stereocenters. The Hall–Kier alpha value is -1.26. The molecule has 2 aliphatic rings. The lowest BCUT2D eigenvalue weighted by Gasteiger charge is -2.30. The lowest BCUT2D eigenvalue weighted by Crippen LogP contribution is -2.47. The minimum Gasteiger partial charge on any atom is -0.444 e. The minimum atomic E-state index is -0.457. The Kier molecular flexibility index (Phi) is 4.22. The van der Waals surface area contributed by atoms with Crippen molar-refractivity contribution < 1.29 is 9.53 Å². The molecule has 126 valence electrons. The van der Waals surface area contributed by atoms with Gasteiger partial charge in [0.1, 0.15) is 11.4 Å². The van der Waals surface area contributed by atoms with Gasteiger partial charge in [-0.3, -0.25) is 9.89 Å². The van der Waals surface area contributed by atoms with Gasteiger partial charge in [0.05, 0.1) is 13.1 Å². The van der Waals surface area contributed by atoms with Crippen molar-refractivity contribution in [1.82, 2.24) is 10.2 Å². The maximum absolute atomic E-state index is 12.1. The third kappa shape index (κ3) is 3.39. The van der Waals surface area contributed by atoms with Crippen LogP contribution in [0.4, 0.5) is 4.79 Å². The fourth-order valence-corrected chi connectivity index (χ4v) is 3.27. The molecule has 0 aromatic carbocycles. The topological polar surface area (TPSA) is 53.9 Å². The molecule has 2 rings (SSSR count). The van der Waals surface area contributed by atoms with Gasteiger partial charge in [0, 0.05) is 13.1 Å². The van der Waals surface area contributed by atoms with Crippen LogP contribution in [-0.4, -0.2) is 48.6 Å². The summed E-state index contributed by atoms with van der Waals surface area (Å²) in [6.07, 6.45) is -0.256. The zero-order valence-electron chi connectivity index (χ0n) is 15.1. The van der Waals surface area contributed by atoms with E-state index in [9.17, 15) is 4.79 Å². The number of carbonyl (C=O) groups is 1. The normalized spacial score (nSPS) is 23.8. The lowest BCUT2D eigenvalue weighted by atomic mass is 10.0. The molecule has 0 spiro atoms. The Morgan fingerprint density at radius 2 is 1.91 bits per heavy atom. The first kappa shape index (κ1) is 17.1. The number of hydrogen-bond donors (Lipinski definition) is 1. The summed E-state index contributed by atoms with van der Waals surface area (Å²) in [4.78, 5) is 18.4. The van der Waals surface area contributed by atoms with Crippen LogP contribution in [-0.2, 0) is 4.74 Å². The molecule has 0 bridgehead atoms. The van der Waals surface area contributed by atoms with Crippen molar-refractivity contribution in [3.63, 3.8) is 0 Å². The Labute approximate surface area is 134 Å². The Morgan fingerprint density at radius 3 is 2.41 bits per heavy atom. The summed E-state index contributed by atoms with van der Waals surface area (Å²) >= 11 is 0. The maximum atomic E-state index is 12.1. The smallest absolute Gasteiger partial charge is 0.410 e. The molecule has 5 heteroatoms. The molecule has 22 heavy (non-hydrogen) atoms. The van der Waals surface area contributed by atoms with Crippen LogP contribution in [0, 0.1) is 16.7 Å². The molecular weight excluding hydrogens is 278 g/mol. The second kappa shape index (κ2) is 5.43. The fraction of sp³-hybridized carbons (Fsp3) is 0.882. The molecular formula is C17H31N3O2. The number of nitrogens with one attached hydrogen (secondary N) is 1. The third-order valence-corrected chi connectivity index (χ3v) is 5.49. The predicted octanol–water partition coefficient (Wildman–Crippen LogP) is 2.91. The Bertz CT molecular complexity index is 461. The number of aliphatic imine (C=N–C) groups is 1. The van der Waals surface area contributed by atoms with Crippen molar-refractivity contribution in [2.45, 2.75) is 54.1 Å². The average Bonchev–Trinajstić information content (AvgIpc) is 2.75. The van der Waals surface area contributed by atoms with Gasteiger partial charge in [-0.05, 0) is 37.5 Å². The number of carbonyl (C=O) groups excluding carboxylic acids is 1.